The second-order valence-corrected chi connectivity index (χ2v) is 6.88. The van der Waals surface area contributed by atoms with E-state index in [1.807, 2.05) is 31.2 Å². The number of hydrogen-bond donors (Lipinski definition) is 1. The Balaban J connectivity index is 1.77. The van der Waals surface area contributed by atoms with Crippen molar-refractivity contribution in [1.82, 2.24) is 4.98 Å². The number of carbonyl (C=O) groups excluding carboxylic acids is 1. The number of carbonyl (C=O) groups is 1. The van der Waals surface area contributed by atoms with E-state index in [2.05, 4.69) is 10.3 Å². The van der Waals surface area contributed by atoms with Gasteiger partial charge in [-0.15, -0.1) is 11.3 Å². The van der Waals surface area contributed by atoms with Gasteiger partial charge in [0.15, 0.2) is 5.13 Å². The Morgan fingerprint density at radius 1 is 1.07 bits per heavy atom. The normalized spacial score (nSPS) is 11.3. The molecule has 0 fully saturated rings. The maximum atomic E-state index is 12.6. The SMILES string of the molecule is COc1ccc(-c2nc(NC(=O)c3ccc(C(F)(F)F)cc3)sc2C)cc1. The summed E-state index contributed by atoms with van der Waals surface area (Å²) < 4.78 is 42.9. The molecule has 0 saturated heterocycles. The van der Waals surface area contributed by atoms with Gasteiger partial charge in [0.2, 0.25) is 0 Å². The van der Waals surface area contributed by atoms with E-state index in [-0.39, 0.29) is 5.56 Å². The highest BCUT2D eigenvalue weighted by atomic mass is 32.1. The molecule has 0 spiro atoms. The van der Waals surface area contributed by atoms with Crippen molar-refractivity contribution in [1.29, 1.82) is 0 Å². The molecule has 8 heteroatoms. The van der Waals surface area contributed by atoms with Gasteiger partial charge in [0, 0.05) is 16.0 Å². The molecule has 0 aliphatic heterocycles. The second kappa shape index (κ2) is 7.40. The molecule has 0 radical (unpaired) electrons. The average Bonchev–Trinajstić information content (AvgIpc) is 3.01. The van der Waals surface area contributed by atoms with Crippen molar-refractivity contribution in [3.05, 3.63) is 64.5 Å². The summed E-state index contributed by atoms with van der Waals surface area (Å²) in [6.07, 6.45) is -4.44. The summed E-state index contributed by atoms with van der Waals surface area (Å²) >= 11 is 1.30. The van der Waals surface area contributed by atoms with E-state index in [1.165, 1.54) is 11.3 Å². The van der Waals surface area contributed by atoms with E-state index in [1.54, 1.807) is 7.11 Å². The summed E-state index contributed by atoms with van der Waals surface area (Å²) in [6, 6.07) is 11.4. The highest BCUT2D eigenvalue weighted by Crippen LogP contribution is 2.32. The van der Waals surface area contributed by atoms with Crippen LogP contribution in [0.2, 0.25) is 0 Å². The molecule has 4 nitrogen and oxygen atoms in total. The summed E-state index contributed by atoms with van der Waals surface area (Å²) in [7, 11) is 1.58. The monoisotopic (exact) mass is 392 g/mol. The molecule has 2 aromatic carbocycles. The first-order chi connectivity index (χ1) is 12.8. The van der Waals surface area contributed by atoms with Gasteiger partial charge < -0.3 is 4.74 Å². The van der Waals surface area contributed by atoms with E-state index in [0.717, 1.165) is 46.1 Å². The standard InChI is InChI=1S/C19H15F3N2O2S/c1-11-16(12-5-9-15(26-2)10-6-12)23-18(27-11)24-17(25)13-3-7-14(8-4-13)19(20,21)22/h3-10H,1-2H3,(H,23,24,25). The van der Waals surface area contributed by atoms with Crippen molar-refractivity contribution >= 4 is 22.4 Å². The quantitative estimate of drug-likeness (QED) is 0.647. The molecule has 1 amide bonds. The van der Waals surface area contributed by atoms with Crippen LogP contribution in [0.4, 0.5) is 18.3 Å². The van der Waals surface area contributed by atoms with E-state index < -0.39 is 17.6 Å². The van der Waals surface area contributed by atoms with Crippen molar-refractivity contribution < 1.29 is 22.7 Å². The number of rotatable bonds is 4. The van der Waals surface area contributed by atoms with Crippen molar-refractivity contribution in [2.24, 2.45) is 0 Å². The predicted molar refractivity (Wildman–Crippen MR) is 98.2 cm³/mol. The fraction of sp³-hybridized carbons (Fsp3) is 0.158. The summed E-state index contributed by atoms with van der Waals surface area (Å²) in [5, 5.41) is 3.01. The van der Waals surface area contributed by atoms with Crippen LogP contribution in [0.5, 0.6) is 5.75 Å². The number of thiazole rings is 1. The molecule has 3 rings (SSSR count). The fourth-order valence-electron chi connectivity index (χ4n) is 2.45. The number of amides is 1. The Kier molecular flexibility index (Phi) is 5.18. The Morgan fingerprint density at radius 3 is 2.26 bits per heavy atom. The predicted octanol–water partition coefficient (Wildman–Crippen LogP) is 5.40. The molecule has 140 valence electrons. The van der Waals surface area contributed by atoms with Crippen LogP contribution in [0.25, 0.3) is 11.3 Å². The molecular weight excluding hydrogens is 377 g/mol. The fourth-order valence-corrected chi connectivity index (χ4v) is 3.28. The highest BCUT2D eigenvalue weighted by Gasteiger charge is 2.30. The summed E-state index contributed by atoms with van der Waals surface area (Å²) in [5.41, 5.74) is 0.928. The lowest BCUT2D eigenvalue weighted by Crippen LogP contribution is -2.12. The molecule has 0 unspecified atom stereocenters. The zero-order valence-corrected chi connectivity index (χ0v) is 15.2. The molecule has 1 aromatic heterocycles. The summed E-state index contributed by atoms with van der Waals surface area (Å²) in [5.74, 6) is 0.209. The molecule has 0 atom stereocenters. The Hall–Kier alpha value is -2.87. The third-order valence-electron chi connectivity index (χ3n) is 3.85. The first-order valence-electron chi connectivity index (χ1n) is 7.88. The third kappa shape index (κ3) is 4.28. The number of anilines is 1. The first-order valence-corrected chi connectivity index (χ1v) is 8.70. The molecule has 0 bridgehead atoms. The molecule has 0 saturated carbocycles. The number of nitrogens with zero attached hydrogens (tertiary/aromatic N) is 1. The van der Waals surface area contributed by atoms with Crippen LogP contribution in [-0.4, -0.2) is 18.0 Å². The van der Waals surface area contributed by atoms with Crippen LogP contribution < -0.4 is 10.1 Å². The highest BCUT2D eigenvalue weighted by molar-refractivity contribution is 7.16. The lowest BCUT2D eigenvalue weighted by atomic mass is 10.1. The largest absolute Gasteiger partial charge is 0.497 e. The van der Waals surface area contributed by atoms with Crippen molar-refractivity contribution in [3.63, 3.8) is 0 Å². The summed E-state index contributed by atoms with van der Waals surface area (Å²) in [6.45, 7) is 1.88. The molecule has 27 heavy (non-hydrogen) atoms. The van der Waals surface area contributed by atoms with Crippen molar-refractivity contribution in [3.8, 4) is 17.0 Å². The number of benzene rings is 2. The lowest BCUT2D eigenvalue weighted by molar-refractivity contribution is -0.137. The molecule has 1 N–H and O–H groups in total. The smallest absolute Gasteiger partial charge is 0.416 e. The van der Waals surface area contributed by atoms with E-state index in [0.29, 0.717) is 5.13 Å². The minimum atomic E-state index is -4.44. The van der Waals surface area contributed by atoms with Crippen molar-refractivity contribution in [2.45, 2.75) is 13.1 Å². The number of nitrogens with one attached hydrogen (secondary N) is 1. The zero-order valence-electron chi connectivity index (χ0n) is 14.4. The molecule has 3 aromatic rings. The minimum absolute atomic E-state index is 0.127. The van der Waals surface area contributed by atoms with Gasteiger partial charge in [-0.3, -0.25) is 10.1 Å². The number of halogens is 3. The number of hydrogen-bond acceptors (Lipinski definition) is 4. The van der Waals surface area contributed by atoms with Gasteiger partial charge in [-0.05, 0) is 55.5 Å². The van der Waals surface area contributed by atoms with Gasteiger partial charge in [0.05, 0.1) is 18.4 Å². The van der Waals surface area contributed by atoms with Crippen LogP contribution in [0.3, 0.4) is 0 Å². The molecule has 0 aliphatic rings. The molecule has 1 heterocycles. The first kappa shape index (κ1) is 18.9. The third-order valence-corrected chi connectivity index (χ3v) is 4.74. The average molecular weight is 392 g/mol. The van der Waals surface area contributed by atoms with E-state index >= 15 is 0 Å². The Morgan fingerprint density at radius 2 is 1.70 bits per heavy atom. The maximum Gasteiger partial charge on any atom is 0.416 e. The topological polar surface area (TPSA) is 51.2 Å². The van der Waals surface area contributed by atoms with E-state index in [4.69, 9.17) is 4.74 Å². The Labute approximate surface area is 157 Å². The second-order valence-electron chi connectivity index (χ2n) is 5.68. The van der Waals surface area contributed by atoms with Gasteiger partial charge in [-0.25, -0.2) is 4.98 Å². The maximum absolute atomic E-state index is 12.6. The van der Waals surface area contributed by atoms with E-state index in [9.17, 15) is 18.0 Å². The Bertz CT molecular complexity index is 949. The van der Waals surface area contributed by atoms with Crippen LogP contribution in [0.15, 0.2) is 48.5 Å². The van der Waals surface area contributed by atoms with Crippen LogP contribution in [-0.2, 0) is 6.18 Å². The van der Waals surface area contributed by atoms with Gasteiger partial charge >= 0.3 is 6.18 Å². The van der Waals surface area contributed by atoms with Crippen LogP contribution >= 0.6 is 11.3 Å². The number of aryl methyl sites for hydroxylation is 1. The number of alkyl halides is 3. The lowest BCUT2D eigenvalue weighted by Gasteiger charge is -2.07. The van der Waals surface area contributed by atoms with Gasteiger partial charge in [0.25, 0.3) is 5.91 Å². The van der Waals surface area contributed by atoms with Gasteiger partial charge in [-0.2, -0.15) is 13.2 Å². The molecular formula is C19H15F3N2O2S. The summed E-state index contributed by atoms with van der Waals surface area (Å²) in [4.78, 5) is 17.6. The number of aromatic nitrogens is 1. The van der Waals surface area contributed by atoms with Crippen LogP contribution in [0, 0.1) is 6.92 Å². The minimum Gasteiger partial charge on any atom is -0.497 e. The van der Waals surface area contributed by atoms with Crippen molar-refractivity contribution in [2.75, 3.05) is 12.4 Å². The number of ether oxygens (including phenoxy) is 1. The van der Waals surface area contributed by atoms with Gasteiger partial charge in [-0.1, -0.05) is 0 Å². The van der Waals surface area contributed by atoms with Crippen LogP contribution in [0.1, 0.15) is 20.8 Å². The zero-order chi connectivity index (χ0) is 19.6. The van der Waals surface area contributed by atoms with Gasteiger partial charge in [0.1, 0.15) is 5.75 Å². The number of methoxy groups -OCH3 is 1. The molecule has 0 aliphatic carbocycles.